The minimum absolute atomic E-state index is 0.131. The molecule has 3 nitrogen and oxygen atoms in total. The lowest BCUT2D eigenvalue weighted by molar-refractivity contribution is -0.670. The van der Waals surface area contributed by atoms with Crippen molar-refractivity contribution in [1.29, 1.82) is 0 Å². The third-order valence-corrected chi connectivity index (χ3v) is 3.80. The van der Waals surface area contributed by atoms with Crippen LogP contribution in [0.5, 0.6) is 11.5 Å². The van der Waals surface area contributed by atoms with Crippen LogP contribution in [0, 0.1) is 12.7 Å². The molecule has 0 spiro atoms. The van der Waals surface area contributed by atoms with Gasteiger partial charge in [0.05, 0.1) is 20.8 Å². The van der Waals surface area contributed by atoms with Crippen molar-refractivity contribution in [3.8, 4) is 11.5 Å². The molecule has 0 saturated carbocycles. The second kappa shape index (κ2) is 7.80. The average Bonchev–Trinajstić information content (AvgIpc) is 2.53. The summed E-state index contributed by atoms with van der Waals surface area (Å²) in [6.07, 6.45) is 0.712. The summed E-state index contributed by atoms with van der Waals surface area (Å²) < 4.78 is 24.3. The Morgan fingerprint density at radius 3 is 2.45 bits per heavy atom. The van der Waals surface area contributed by atoms with E-state index in [0.717, 1.165) is 41.3 Å². The molecule has 118 valence electrons. The largest absolute Gasteiger partial charge is 0.496 e. The van der Waals surface area contributed by atoms with Crippen LogP contribution >= 0.6 is 0 Å². The van der Waals surface area contributed by atoms with Gasteiger partial charge in [0.15, 0.2) is 0 Å². The maximum atomic E-state index is 13.5. The van der Waals surface area contributed by atoms with Gasteiger partial charge >= 0.3 is 0 Å². The van der Waals surface area contributed by atoms with Gasteiger partial charge in [0.25, 0.3) is 0 Å². The Morgan fingerprint density at radius 1 is 1.00 bits per heavy atom. The molecule has 2 aromatic carbocycles. The smallest absolute Gasteiger partial charge is 0.134 e. The fraction of sp³-hybridized carbons (Fsp3) is 0.333. The predicted octanol–water partition coefficient (Wildman–Crippen LogP) is 2.46. The van der Waals surface area contributed by atoms with Crippen molar-refractivity contribution in [3.63, 3.8) is 0 Å². The number of methoxy groups -OCH3 is 2. The van der Waals surface area contributed by atoms with Gasteiger partial charge in [-0.05, 0) is 30.7 Å². The molecule has 0 aromatic heterocycles. The van der Waals surface area contributed by atoms with Gasteiger partial charge in [-0.25, -0.2) is 4.39 Å². The summed E-state index contributed by atoms with van der Waals surface area (Å²) in [5, 5.41) is 2.16. The second-order valence-corrected chi connectivity index (χ2v) is 5.21. The molecule has 0 atom stereocenters. The molecule has 0 saturated heterocycles. The van der Waals surface area contributed by atoms with Crippen LogP contribution in [0.1, 0.15) is 16.7 Å². The number of quaternary nitrogens is 1. The predicted molar refractivity (Wildman–Crippen MR) is 84.9 cm³/mol. The normalized spacial score (nSPS) is 10.5. The van der Waals surface area contributed by atoms with E-state index in [1.807, 2.05) is 31.2 Å². The van der Waals surface area contributed by atoms with E-state index in [0.29, 0.717) is 6.42 Å². The molecule has 0 bridgehead atoms. The van der Waals surface area contributed by atoms with E-state index in [1.165, 1.54) is 6.07 Å². The number of ether oxygens (including phenoxy) is 2. The van der Waals surface area contributed by atoms with Gasteiger partial charge in [0.2, 0.25) is 0 Å². The lowest BCUT2D eigenvalue weighted by Gasteiger charge is -2.13. The van der Waals surface area contributed by atoms with Gasteiger partial charge < -0.3 is 14.8 Å². The zero-order valence-corrected chi connectivity index (χ0v) is 13.4. The van der Waals surface area contributed by atoms with Gasteiger partial charge in [-0.3, -0.25) is 0 Å². The Balaban J connectivity index is 1.95. The quantitative estimate of drug-likeness (QED) is 0.798. The molecular weight excluding hydrogens is 281 g/mol. The van der Waals surface area contributed by atoms with E-state index in [9.17, 15) is 4.39 Å². The average molecular weight is 304 g/mol. The van der Waals surface area contributed by atoms with E-state index in [1.54, 1.807) is 20.3 Å². The van der Waals surface area contributed by atoms with Crippen LogP contribution in [-0.2, 0) is 13.0 Å². The highest BCUT2D eigenvalue weighted by Crippen LogP contribution is 2.30. The molecular formula is C18H23FNO2+. The molecule has 0 radical (unpaired) electrons. The van der Waals surface area contributed by atoms with Gasteiger partial charge in [0.1, 0.15) is 23.9 Å². The van der Waals surface area contributed by atoms with Crippen LogP contribution in [0.25, 0.3) is 0 Å². The first-order chi connectivity index (χ1) is 10.7. The summed E-state index contributed by atoms with van der Waals surface area (Å²) in [6.45, 7) is 3.61. The van der Waals surface area contributed by atoms with Crippen molar-refractivity contribution < 1.29 is 19.2 Å². The van der Waals surface area contributed by atoms with Crippen molar-refractivity contribution in [1.82, 2.24) is 0 Å². The highest BCUT2D eigenvalue weighted by atomic mass is 19.1. The van der Waals surface area contributed by atoms with Crippen LogP contribution in [0.15, 0.2) is 36.4 Å². The minimum atomic E-state index is -0.131. The van der Waals surface area contributed by atoms with Crippen molar-refractivity contribution in [2.75, 3.05) is 20.8 Å². The van der Waals surface area contributed by atoms with Crippen LogP contribution in [0.2, 0.25) is 0 Å². The first kappa shape index (κ1) is 16.3. The molecule has 0 amide bonds. The molecule has 0 unspecified atom stereocenters. The van der Waals surface area contributed by atoms with Crippen molar-refractivity contribution in [2.24, 2.45) is 0 Å². The number of benzene rings is 2. The Bertz CT molecular complexity index is 628. The van der Waals surface area contributed by atoms with Crippen molar-refractivity contribution >= 4 is 0 Å². The molecule has 2 N–H and O–H groups in total. The van der Waals surface area contributed by atoms with Gasteiger partial charge in [-0.1, -0.05) is 18.2 Å². The molecule has 4 heteroatoms. The lowest BCUT2D eigenvalue weighted by atomic mass is 10.1. The van der Waals surface area contributed by atoms with Gasteiger partial charge in [-0.2, -0.15) is 0 Å². The van der Waals surface area contributed by atoms with E-state index in [-0.39, 0.29) is 5.82 Å². The number of hydrogen-bond acceptors (Lipinski definition) is 2. The molecule has 0 heterocycles. The maximum Gasteiger partial charge on any atom is 0.134 e. The molecule has 0 aliphatic rings. The Kier molecular flexibility index (Phi) is 5.78. The molecule has 0 aliphatic carbocycles. The second-order valence-electron chi connectivity index (χ2n) is 5.21. The van der Waals surface area contributed by atoms with Crippen LogP contribution in [-0.4, -0.2) is 20.8 Å². The lowest BCUT2D eigenvalue weighted by Crippen LogP contribution is -2.83. The third kappa shape index (κ3) is 3.77. The SMILES string of the molecule is COc1ccc(C[NH2+]CCc2ccccc2F)c(OC)c1C. The minimum Gasteiger partial charge on any atom is -0.496 e. The Morgan fingerprint density at radius 2 is 1.77 bits per heavy atom. The zero-order chi connectivity index (χ0) is 15.9. The maximum absolute atomic E-state index is 13.5. The number of nitrogens with two attached hydrogens (primary N) is 1. The van der Waals surface area contributed by atoms with Crippen molar-refractivity contribution in [3.05, 3.63) is 58.9 Å². The first-order valence-electron chi connectivity index (χ1n) is 7.43. The molecule has 2 aromatic rings. The Hall–Kier alpha value is -2.07. The van der Waals surface area contributed by atoms with Crippen LogP contribution in [0.4, 0.5) is 4.39 Å². The highest BCUT2D eigenvalue weighted by molar-refractivity contribution is 5.48. The summed E-state index contributed by atoms with van der Waals surface area (Å²) in [5.41, 5.74) is 2.89. The summed E-state index contributed by atoms with van der Waals surface area (Å²) in [5.74, 6) is 1.56. The van der Waals surface area contributed by atoms with Crippen LogP contribution in [0.3, 0.4) is 0 Å². The van der Waals surface area contributed by atoms with Gasteiger partial charge in [0, 0.05) is 17.5 Å². The molecule has 0 aliphatic heterocycles. The standard InChI is InChI=1S/C18H22FNO2/c1-13-17(21-2)9-8-15(18(13)22-3)12-20-11-10-14-6-4-5-7-16(14)19/h4-9,20H,10-12H2,1-3H3/p+1. The zero-order valence-electron chi connectivity index (χ0n) is 13.4. The van der Waals surface area contributed by atoms with Crippen molar-refractivity contribution in [2.45, 2.75) is 19.9 Å². The molecule has 0 fully saturated rings. The van der Waals surface area contributed by atoms with E-state index in [4.69, 9.17) is 9.47 Å². The van der Waals surface area contributed by atoms with E-state index < -0.39 is 0 Å². The highest BCUT2D eigenvalue weighted by Gasteiger charge is 2.12. The summed E-state index contributed by atoms with van der Waals surface area (Å²) in [7, 11) is 3.33. The summed E-state index contributed by atoms with van der Waals surface area (Å²) >= 11 is 0. The van der Waals surface area contributed by atoms with Crippen LogP contribution < -0.4 is 14.8 Å². The first-order valence-corrected chi connectivity index (χ1v) is 7.43. The Labute approximate surface area is 131 Å². The summed E-state index contributed by atoms with van der Waals surface area (Å²) in [4.78, 5) is 0. The number of hydrogen-bond donors (Lipinski definition) is 1. The molecule has 2 rings (SSSR count). The number of rotatable bonds is 7. The van der Waals surface area contributed by atoms with Gasteiger partial charge in [-0.15, -0.1) is 0 Å². The van der Waals surface area contributed by atoms with E-state index >= 15 is 0 Å². The number of halogens is 1. The summed E-state index contributed by atoms with van der Waals surface area (Å²) in [6, 6.07) is 10.9. The topological polar surface area (TPSA) is 35.1 Å². The van der Waals surface area contributed by atoms with E-state index in [2.05, 4.69) is 5.32 Å². The fourth-order valence-corrected chi connectivity index (χ4v) is 2.61. The fourth-order valence-electron chi connectivity index (χ4n) is 2.61. The molecule has 22 heavy (non-hydrogen) atoms. The monoisotopic (exact) mass is 304 g/mol. The third-order valence-electron chi connectivity index (χ3n) is 3.80.